The number of rotatable bonds is 8. The number of para-hydroxylation sites is 1. The molecule has 0 amide bonds. The largest absolute Gasteiger partial charge is 0.361 e. The minimum Gasteiger partial charge on any atom is -0.361 e. The van der Waals surface area contributed by atoms with E-state index < -0.39 is 9.84 Å². The van der Waals surface area contributed by atoms with Gasteiger partial charge in [-0.3, -0.25) is 0 Å². The molecule has 31 heavy (non-hydrogen) atoms. The van der Waals surface area contributed by atoms with Crippen LogP contribution in [0.4, 0.5) is 0 Å². The van der Waals surface area contributed by atoms with Crippen LogP contribution in [0.25, 0.3) is 10.9 Å². The Hall–Kier alpha value is -2.07. The van der Waals surface area contributed by atoms with E-state index in [0.29, 0.717) is 11.4 Å². The molecule has 1 aromatic heterocycles. The third kappa shape index (κ3) is 6.96. The van der Waals surface area contributed by atoms with Gasteiger partial charge in [0.05, 0.1) is 11.4 Å². The number of guanidine groups is 1. The van der Waals surface area contributed by atoms with Crippen molar-refractivity contribution in [3.63, 3.8) is 0 Å². The highest BCUT2D eigenvalue weighted by Gasteiger charge is 2.10. The van der Waals surface area contributed by atoms with Crippen LogP contribution >= 0.6 is 24.0 Å². The van der Waals surface area contributed by atoms with E-state index in [4.69, 9.17) is 0 Å². The molecular weight excluding hydrogens is 523 g/mol. The third-order valence-electron chi connectivity index (χ3n) is 4.99. The molecule has 1 heterocycles. The fourth-order valence-corrected chi connectivity index (χ4v) is 4.52. The molecule has 0 aliphatic rings. The van der Waals surface area contributed by atoms with Crippen molar-refractivity contribution in [3.05, 3.63) is 65.4 Å². The summed E-state index contributed by atoms with van der Waals surface area (Å²) in [5.74, 6) is 0.765. The van der Waals surface area contributed by atoms with Gasteiger partial charge in [0.2, 0.25) is 0 Å². The second-order valence-electron chi connectivity index (χ2n) is 7.46. The molecule has 6 nitrogen and oxygen atoms in total. The number of fused-ring (bicyclic) bond motifs is 1. The van der Waals surface area contributed by atoms with Crippen LogP contribution in [0.15, 0.2) is 58.5 Å². The number of H-pyrrole nitrogens is 1. The van der Waals surface area contributed by atoms with Gasteiger partial charge in [-0.2, -0.15) is 0 Å². The van der Waals surface area contributed by atoms with E-state index in [0.717, 1.165) is 43.0 Å². The Labute approximate surface area is 201 Å². The number of hydrogen-bond acceptors (Lipinski definition) is 3. The van der Waals surface area contributed by atoms with Crippen LogP contribution < -0.4 is 10.6 Å². The van der Waals surface area contributed by atoms with E-state index >= 15 is 0 Å². The highest BCUT2D eigenvalue weighted by molar-refractivity contribution is 14.0. The predicted octanol–water partition coefficient (Wildman–Crippen LogP) is 4.19. The first-order valence-corrected chi connectivity index (χ1v) is 12.1. The maximum atomic E-state index is 11.8. The van der Waals surface area contributed by atoms with Crippen molar-refractivity contribution in [2.75, 3.05) is 19.3 Å². The minimum atomic E-state index is -3.20. The first-order chi connectivity index (χ1) is 14.4. The van der Waals surface area contributed by atoms with Gasteiger partial charge in [0.15, 0.2) is 15.8 Å². The third-order valence-corrected chi connectivity index (χ3v) is 6.25. The monoisotopic (exact) mass is 554 g/mol. The van der Waals surface area contributed by atoms with Crippen LogP contribution in [0.2, 0.25) is 0 Å². The van der Waals surface area contributed by atoms with Gasteiger partial charge in [0.1, 0.15) is 0 Å². The molecule has 8 heteroatoms. The lowest BCUT2D eigenvalue weighted by atomic mass is 10.1. The Balaban J connectivity index is 0.00000341. The van der Waals surface area contributed by atoms with Crippen LogP contribution in [-0.2, 0) is 22.8 Å². The van der Waals surface area contributed by atoms with Gasteiger partial charge in [-0.05, 0) is 55.5 Å². The van der Waals surface area contributed by atoms with Gasteiger partial charge in [-0.25, -0.2) is 13.4 Å². The highest BCUT2D eigenvalue weighted by atomic mass is 127. The van der Waals surface area contributed by atoms with E-state index in [-0.39, 0.29) is 24.0 Å². The summed E-state index contributed by atoms with van der Waals surface area (Å²) in [5, 5.41) is 7.93. The maximum absolute atomic E-state index is 11.8. The van der Waals surface area contributed by atoms with E-state index in [1.54, 1.807) is 6.07 Å². The normalized spacial score (nSPS) is 11.9. The Morgan fingerprint density at radius 2 is 1.90 bits per heavy atom. The number of aromatic nitrogens is 1. The van der Waals surface area contributed by atoms with Crippen molar-refractivity contribution in [2.24, 2.45) is 4.99 Å². The number of aryl methyl sites for hydroxylation is 2. The summed E-state index contributed by atoms with van der Waals surface area (Å²) in [7, 11) is -3.20. The van der Waals surface area contributed by atoms with Gasteiger partial charge >= 0.3 is 0 Å². The predicted molar refractivity (Wildman–Crippen MR) is 139 cm³/mol. The smallest absolute Gasteiger partial charge is 0.191 e. The molecule has 0 spiro atoms. The van der Waals surface area contributed by atoms with Crippen LogP contribution in [-0.4, -0.2) is 38.7 Å². The van der Waals surface area contributed by atoms with Gasteiger partial charge < -0.3 is 15.6 Å². The minimum absolute atomic E-state index is 0. The standard InChI is InChI=1S/C23H30N4O2S.HI/c1-4-24-23(27-15-18-11-12-22(17(2)14-18)30(3,28)29)25-13-7-8-19-16-26-21-10-6-5-9-20(19)21;/h5-6,9-12,14,16,26H,4,7-8,13,15H2,1-3H3,(H2,24,25,27);1H. The summed E-state index contributed by atoms with van der Waals surface area (Å²) in [6, 6.07) is 13.7. The fourth-order valence-electron chi connectivity index (χ4n) is 3.56. The van der Waals surface area contributed by atoms with Crippen LogP contribution in [0.5, 0.6) is 0 Å². The summed E-state index contributed by atoms with van der Waals surface area (Å²) in [6.45, 7) is 5.94. The Morgan fingerprint density at radius 3 is 2.61 bits per heavy atom. The number of aromatic amines is 1. The molecule has 168 valence electrons. The number of nitrogens with one attached hydrogen (secondary N) is 3. The second-order valence-corrected chi connectivity index (χ2v) is 9.44. The summed E-state index contributed by atoms with van der Waals surface area (Å²) in [6.07, 6.45) is 5.31. The highest BCUT2D eigenvalue weighted by Crippen LogP contribution is 2.19. The molecule has 0 unspecified atom stereocenters. The van der Waals surface area contributed by atoms with Crippen molar-refractivity contribution >= 4 is 50.7 Å². The summed E-state index contributed by atoms with van der Waals surface area (Å²) >= 11 is 0. The zero-order valence-electron chi connectivity index (χ0n) is 18.2. The van der Waals surface area contributed by atoms with E-state index in [1.807, 2.05) is 32.0 Å². The van der Waals surface area contributed by atoms with E-state index in [1.165, 1.54) is 22.7 Å². The van der Waals surface area contributed by atoms with Crippen molar-refractivity contribution in [1.29, 1.82) is 0 Å². The van der Waals surface area contributed by atoms with Crippen molar-refractivity contribution in [2.45, 2.75) is 38.1 Å². The van der Waals surface area contributed by atoms with Crippen molar-refractivity contribution in [3.8, 4) is 0 Å². The fraction of sp³-hybridized carbons (Fsp3) is 0.348. The molecule has 3 rings (SSSR count). The topological polar surface area (TPSA) is 86.3 Å². The van der Waals surface area contributed by atoms with Gasteiger partial charge in [-0.15, -0.1) is 24.0 Å². The summed E-state index contributed by atoms with van der Waals surface area (Å²) in [5.41, 5.74) is 4.24. The van der Waals surface area contributed by atoms with E-state index in [9.17, 15) is 8.42 Å². The molecule has 0 atom stereocenters. The number of benzene rings is 2. The SMILES string of the molecule is CCNC(=NCc1ccc(S(C)(=O)=O)c(C)c1)NCCCc1c[nH]c2ccccc12.I. The number of sulfone groups is 1. The first kappa shape index (κ1) is 25.2. The van der Waals surface area contributed by atoms with Crippen LogP contribution in [0, 0.1) is 6.92 Å². The zero-order chi connectivity index (χ0) is 21.6. The second kappa shape index (κ2) is 11.5. The molecule has 0 radical (unpaired) electrons. The molecule has 0 aliphatic heterocycles. The molecule has 0 saturated carbocycles. The molecule has 2 aromatic carbocycles. The lowest BCUT2D eigenvalue weighted by Gasteiger charge is -2.12. The Morgan fingerprint density at radius 1 is 1.13 bits per heavy atom. The molecule has 3 N–H and O–H groups in total. The number of halogens is 1. The molecule has 0 bridgehead atoms. The number of nitrogens with zero attached hydrogens (tertiary/aromatic N) is 1. The number of hydrogen-bond donors (Lipinski definition) is 3. The van der Waals surface area contributed by atoms with Crippen LogP contribution in [0.3, 0.4) is 0 Å². The Kier molecular flexibility index (Phi) is 9.36. The number of aliphatic imine (C=N–C) groups is 1. The molecule has 0 fully saturated rings. The quantitative estimate of drug-likeness (QED) is 0.169. The molecule has 0 aliphatic carbocycles. The summed E-state index contributed by atoms with van der Waals surface area (Å²) in [4.78, 5) is 8.33. The average molecular weight is 554 g/mol. The maximum Gasteiger partial charge on any atom is 0.191 e. The van der Waals surface area contributed by atoms with Gasteiger partial charge in [-0.1, -0.05) is 30.3 Å². The molecule has 3 aromatic rings. The molecular formula is C23H31IN4O2S. The van der Waals surface area contributed by atoms with Gasteiger partial charge in [0, 0.05) is 36.4 Å². The van der Waals surface area contributed by atoms with E-state index in [2.05, 4.69) is 45.0 Å². The Bertz CT molecular complexity index is 1140. The van der Waals surface area contributed by atoms with Crippen LogP contribution in [0.1, 0.15) is 30.0 Å². The lowest BCUT2D eigenvalue weighted by Crippen LogP contribution is -2.37. The first-order valence-electron chi connectivity index (χ1n) is 10.2. The van der Waals surface area contributed by atoms with Gasteiger partial charge in [0.25, 0.3) is 0 Å². The lowest BCUT2D eigenvalue weighted by molar-refractivity contribution is 0.601. The van der Waals surface area contributed by atoms with Crippen molar-refractivity contribution < 1.29 is 8.42 Å². The van der Waals surface area contributed by atoms with Crippen molar-refractivity contribution in [1.82, 2.24) is 15.6 Å². The zero-order valence-corrected chi connectivity index (χ0v) is 21.4. The molecule has 0 saturated heterocycles. The summed E-state index contributed by atoms with van der Waals surface area (Å²) < 4.78 is 23.5. The average Bonchev–Trinajstić information content (AvgIpc) is 3.11.